The van der Waals surface area contributed by atoms with Crippen LogP contribution in [0, 0.1) is 5.92 Å². The van der Waals surface area contributed by atoms with Crippen LogP contribution in [0.3, 0.4) is 0 Å². The van der Waals surface area contributed by atoms with E-state index in [0.29, 0.717) is 11.8 Å². The van der Waals surface area contributed by atoms with Crippen LogP contribution in [0.25, 0.3) is 10.9 Å². The number of benzene rings is 1. The van der Waals surface area contributed by atoms with Crippen molar-refractivity contribution in [1.82, 2.24) is 4.98 Å². The first-order valence-corrected chi connectivity index (χ1v) is 6.98. The van der Waals surface area contributed by atoms with Crippen LogP contribution >= 0.6 is 0 Å². The van der Waals surface area contributed by atoms with Crippen molar-refractivity contribution in [1.29, 1.82) is 0 Å². The average molecular weight is 255 g/mol. The predicted octanol–water partition coefficient (Wildman–Crippen LogP) is 3.32. The SMILES string of the molecule is COC(=O)C1CC2CCC1c1[nH]c3ccccc3c12. The van der Waals surface area contributed by atoms with Gasteiger partial charge in [-0.25, -0.2) is 0 Å². The van der Waals surface area contributed by atoms with Gasteiger partial charge in [0.05, 0.1) is 13.0 Å². The van der Waals surface area contributed by atoms with Crippen molar-refractivity contribution in [3.05, 3.63) is 35.5 Å². The third-order valence-corrected chi connectivity index (χ3v) is 4.91. The highest BCUT2D eigenvalue weighted by atomic mass is 16.5. The zero-order valence-corrected chi connectivity index (χ0v) is 11.0. The van der Waals surface area contributed by atoms with Gasteiger partial charge in [0.25, 0.3) is 0 Å². The van der Waals surface area contributed by atoms with Gasteiger partial charge in [-0.3, -0.25) is 4.79 Å². The van der Waals surface area contributed by atoms with Crippen LogP contribution in [0.2, 0.25) is 0 Å². The van der Waals surface area contributed by atoms with Gasteiger partial charge in [-0.1, -0.05) is 18.2 Å². The summed E-state index contributed by atoms with van der Waals surface area (Å²) in [5.41, 5.74) is 3.96. The molecule has 0 radical (unpaired) electrons. The van der Waals surface area contributed by atoms with Crippen LogP contribution in [0.1, 0.15) is 42.4 Å². The molecular formula is C16H17NO2. The van der Waals surface area contributed by atoms with Crippen LogP contribution in [0.5, 0.6) is 0 Å². The lowest BCUT2D eigenvalue weighted by molar-refractivity contribution is -0.147. The third-order valence-electron chi connectivity index (χ3n) is 4.91. The summed E-state index contributed by atoms with van der Waals surface area (Å²) in [4.78, 5) is 15.5. The Morgan fingerprint density at radius 1 is 1.32 bits per heavy atom. The molecule has 1 aromatic heterocycles. The molecule has 0 aliphatic heterocycles. The quantitative estimate of drug-likeness (QED) is 0.794. The Balaban J connectivity index is 1.89. The zero-order chi connectivity index (χ0) is 13.0. The fraction of sp³-hybridized carbons (Fsp3) is 0.438. The largest absolute Gasteiger partial charge is 0.469 e. The normalized spacial score (nSPS) is 28.4. The third kappa shape index (κ3) is 1.41. The van der Waals surface area contributed by atoms with Crippen LogP contribution in [-0.2, 0) is 9.53 Å². The van der Waals surface area contributed by atoms with Crippen LogP contribution in [0.15, 0.2) is 24.3 Å². The molecule has 1 aromatic carbocycles. The number of hydrogen-bond acceptors (Lipinski definition) is 2. The first-order chi connectivity index (χ1) is 9.29. The van der Waals surface area contributed by atoms with Gasteiger partial charge in [0, 0.05) is 22.5 Å². The number of fused-ring (bicyclic) bond motifs is 3. The summed E-state index contributed by atoms with van der Waals surface area (Å²) in [6, 6.07) is 8.47. The Kier molecular flexibility index (Phi) is 2.25. The molecule has 3 aliphatic carbocycles. The van der Waals surface area contributed by atoms with E-state index in [-0.39, 0.29) is 11.9 Å². The van der Waals surface area contributed by atoms with Gasteiger partial charge in [-0.2, -0.15) is 0 Å². The van der Waals surface area contributed by atoms with E-state index in [1.165, 1.54) is 35.7 Å². The Hall–Kier alpha value is -1.77. The Bertz CT molecular complexity index is 658. The molecule has 2 bridgehead atoms. The van der Waals surface area contributed by atoms with Crippen molar-refractivity contribution in [3.8, 4) is 0 Å². The number of aromatic amines is 1. The fourth-order valence-electron chi connectivity index (χ4n) is 4.11. The molecular weight excluding hydrogens is 238 g/mol. The minimum absolute atomic E-state index is 0.0426. The van der Waals surface area contributed by atoms with E-state index in [9.17, 15) is 4.79 Å². The van der Waals surface area contributed by atoms with Crippen LogP contribution < -0.4 is 0 Å². The molecule has 3 aliphatic rings. The number of methoxy groups -OCH3 is 1. The molecule has 1 saturated carbocycles. The Morgan fingerprint density at radius 3 is 3.00 bits per heavy atom. The van der Waals surface area contributed by atoms with Gasteiger partial charge in [0.2, 0.25) is 0 Å². The van der Waals surface area contributed by atoms with Gasteiger partial charge in [0.15, 0.2) is 0 Å². The number of H-pyrrole nitrogens is 1. The van der Waals surface area contributed by atoms with Crippen molar-refractivity contribution in [2.24, 2.45) is 5.92 Å². The molecule has 2 aromatic rings. The van der Waals surface area contributed by atoms with Gasteiger partial charge in [-0.15, -0.1) is 0 Å². The van der Waals surface area contributed by atoms with Crippen molar-refractivity contribution in [3.63, 3.8) is 0 Å². The van der Waals surface area contributed by atoms with E-state index in [4.69, 9.17) is 4.74 Å². The molecule has 3 unspecified atom stereocenters. The number of ether oxygens (including phenoxy) is 1. The zero-order valence-electron chi connectivity index (χ0n) is 11.0. The molecule has 1 fully saturated rings. The number of carbonyl (C=O) groups excluding carboxylic acids is 1. The summed E-state index contributed by atoms with van der Waals surface area (Å²) in [5.74, 6) is 0.836. The van der Waals surface area contributed by atoms with Crippen molar-refractivity contribution in [2.45, 2.75) is 31.1 Å². The number of esters is 1. The number of rotatable bonds is 1. The summed E-state index contributed by atoms with van der Waals surface area (Å²) in [7, 11) is 1.50. The number of aromatic nitrogens is 1. The Morgan fingerprint density at radius 2 is 2.16 bits per heavy atom. The minimum Gasteiger partial charge on any atom is -0.469 e. The lowest BCUT2D eigenvalue weighted by Gasteiger charge is -2.40. The second kappa shape index (κ2) is 3.86. The van der Waals surface area contributed by atoms with Gasteiger partial charge in [0.1, 0.15) is 0 Å². The van der Waals surface area contributed by atoms with Crippen LogP contribution in [0.4, 0.5) is 0 Å². The molecule has 19 heavy (non-hydrogen) atoms. The minimum atomic E-state index is -0.0426. The maximum atomic E-state index is 11.9. The number of para-hydroxylation sites is 1. The van der Waals surface area contributed by atoms with Crippen molar-refractivity contribution < 1.29 is 9.53 Å². The second-order valence-corrected chi connectivity index (χ2v) is 5.74. The maximum absolute atomic E-state index is 11.9. The lowest BCUT2D eigenvalue weighted by atomic mass is 9.63. The predicted molar refractivity (Wildman–Crippen MR) is 73.1 cm³/mol. The number of hydrogen-bond donors (Lipinski definition) is 1. The van der Waals surface area contributed by atoms with Crippen LogP contribution in [-0.4, -0.2) is 18.1 Å². The molecule has 5 rings (SSSR count). The maximum Gasteiger partial charge on any atom is 0.309 e. The molecule has 0 saturated heterocycles. The highest BCUT2D eigenvalue weighted by molar-refractivity contribution is 5.87. The van der Waals surface area contributed by atoms with E-state index < -0.39 is 0 Å². The van der Waals surface area contributed by atoms with Crippen molar-refractivity contribution in [2.75, 3.05) is 7.11 Å². The smallest absolute Gasteiger partial charge is 0.309 e. The number of nitrogens with one attached hydrogen (secondary N) is 1. The molecule has 3 nitrogen and oxygen atoms in total. The van der Waals surface area contributed by atoms with Gasteiger partial charge < -0.3 is 9.72 Å². The average Bonchev–Trinajstić information content (AvgIpc) is 2.88. The molecule has 1 heterocycles. The van der Waals surface area contributed by atoms with Crippen molar-refractivity contribution >= 4 is 16.9 Å². The molecule has 0 amide bonds. The first-order valence-electron chi connectivity index (χ1n) is 6.98. The van der Waals surface area contributed by atoms with E-state index in [2.05, 4.69) is 29.2 Å². The highest BCUT2D eigenvalue weighted by Crippen LogP contribution is 2.54. The first kappa shape index (κ1) is 11.1. The summed E-state index contributed by atoms with van der Waals surface area (Å²) in [6.07, 6.45) is 3.25. The van der Waals surface area contributed by atoms with Gasteiger partial charge >= 0.3 is 5.97 Å². The monoisotopic (exact) mass is 255 g/mol. The van der Waals surface area contributed by atoms with E-state index in [1.807, 2.05) is 0 Å². The topological polar surface area (TPSA) is 42.1 Å². The molecule has 3 heteroatoms. The van der Waals surface area contributed by atoms with Gasteiger partial charge in [-0.05, 0) is 36.8 Å². The van der Waals surface area contributed by atoms with E-state index >= 15 is 0 Å². The molecule has 0 spiro atoms. The fourth-order valence-corrected chi connectivity index (χ4v) is 4.11. The molecule has 1 N–H and O–H groups in total. The summed E-state index contributed by atoms with van der Waals surface area (Å²) in [6.45, 7) is 0. The molecule has 3 atom stereocenters. The summed E-state index contributed by atoms with van der Waals surface area (Å²) >= 11 is 0. The van der Waals surface area contributed by atoms with E-state index in [0.717, 1.165) is 12.8 Å². The highest BCUT2D eigenvalue weighted by Gasteiger charge is 2.45. The summed E-state index contributed by atoms with van der Waals surface area (Å²) in [5, 5.41) is 1.34. The second-order valence-electron chi connectivity index (χ2n) is 5.74. The standard InChI is InChI=1S/C16H17NO2/c1-19-16(18)12-8-9-6-7-10(12)15-14(9)11-4-2-3-5-13(11)17-15/h2-5,9-10,12,17H,6-8H2,1H3. The lowest BCUT2D eigenvalue weighted by Crippen LogP contribution is -2.35. The number of carbonyl (C=O) groups is 1. The van der Waals surface area contributed by atoms with E-state index in [1.54, 1.807) is 0 Å². The summed E-state index contributed by atoms with van der Waals surface area (Å²) < 4.78 is 4.98. The molecule has 98 valence electrons. The Labute approximate surface area is 112 Å².